The third-order valence-electron chi connectivity index (χ3n) is 7.48. The highest BCUT2D eigenvalue weighted by molar-refractivity contribution is 6.07. The monoisotopic (exact) mass is 582 g/mol. The van der Waals surface area contributed by atoms with E-state index in [0.717, 1.165) is 12.3 Å². The molecule has 2 aliphatic rings. The quantitative estimate of drug-likeness (QED) is 0.424. The van der Waals surface area contributed by atoms with Crippen LogP contribution < -0.4 is 20.7 Å². The minimum Gasteiger partial charge on any atom is -0.367 e. The molecule has 2 aliphatic heterocycles. The topological polar surface area (TPSA) is 121 Å². The molecule has 0 bridgehead atoms. The van der Waals surface area contributed by atoms with Gasteiger partial charge in [0.1, 0.15) is 23.4 Å². The Balaban J connectivity index is 1.55. The van der Waals surface area contributed by atoms with E-state index in [1.807, 2.05) is 20.0 Å². The van der Waals surface area contributed by atoms with Gasteiger partial charge in [0.15, 0.2) is 5.82 Å². The van der Waals surface area contributed by atoms with Crippen LogP contribution in [0.1, 0.15) is 40.7 Å². The number of nitrogens with one attached hydrogen (secondary N) is 2. The lowest BCUT2D eigenvalue weighted by Gasteiger charge is -2.40. The summed E-state index contributed by atoms with van der Waals surface area (Å²) >= 11 is 0. The molecule has 0 radical (unpaired) electrons. The fourth-order valence-corrected chi connectivity index (χ4v) is 5.07. The molecule has 2 aromatic heterocycles. The highest BCUT2D eigenvalue weighted by Gasteiger charge is 2.31. The van der Waals surface area contributed by atoms with E-state index in [1.165, 1.54) is 6.20 Å². The Hall–Kier alpha value is -4.77. The molecule has 1 atom stereocenters. The second-order valence-electron chi connectivity index (χ2n) is 10.1. The number of rotatable bonds is 6. The first-order valence-corrected chi connectivity index (χ1v) is 13.0. The first kappa shape index (κ1) is 28.7. The largest absolute Gasteiger partial charge is 0.367 e. The number of likely N-dealkylation sites (N-methyl/N-ethyl adjacent to an activating group) is 1. The van der Waals surface area contributed by atoms with E-state index in [0.29, 0.717) is 31.5 Å². The van der Waals surface area contributed by atoms with E-state index in [4.69, 9.17) is 5.26 Å². The zero-order valence-electron chi connectivity index (χ0n) is 22.7. The number of H-pyrrole nitrogens is 1. The molecular weight excluding hydrogens is 556 g/mol. The Bertz CT molecular complexity index is 1670. The highest BCUT2D eigenvalue weighted by Crippen LogP contribution is 2.39. The average Bonchev–Trinajstić information content (AvgIpc) is 3.45. The zero-order chi connectivity index (χ0) is 30.1. The number of nitriles is 1. The van der Waals surface area contributed by atoms with E-state index in [9.17, 15) is 18.4 Å². The van der Waals surface area contributed by atoms with Gasteiger partial charge in [-0.15, -0.1) is 0 Å². The zero-order valence-corrected chi connectivity index (χ0v) is 22.7. The molecule has 1 saturated heterocycles. The third kappa shape index (κ3) is 5.55. The molecule has 3 aromatic rings. The second-order valence-corrected chi connectivity index (χ2v) is 10.1. The lowest BCUT2D eigenvalue weighted by molar-refractivity contribution is 0.101. The number of anilines is 3. The molecule has 2 N–H and O–H groups in total. The molecule has 1 fully saturated rings. The molecule has 14 heteroatoms. The maximum absolute atomic E-state index is 16.4. The lowest BCUT2D eigenvalue weighted by atomic mass is 10.0. The van der Waals surface area contributed by atoms with Crippen molar-refractivity contribution in [2.45, 2.75) is 19.4 Å². The summed E-state index contributed by atoms with van der Waals surface area (Å²) in [5.74, 6) is -2.69. The first-order chi connectivity index (χ1) is 20.1. The summed E-state index contributed by atoms with van der Waals surface area (Å²) in [6.45, 7) is 3.61. The van der Waals surface area contributed by atoms with Crippen LogP contribution in [0.5, 0.6) is 0 Å². The number of hydrogen-bond donors (Lipinski definition) is 2. The van der Waals surface area contributed by atoms with E-state index in [1.54, 1.807) is 21.9 Å². The lowest BCUT2D eigenvalue weighted by Crippen LogP contribution is -2.50. The number of amides is 1. The number of alkyl halides is 2. The van der Waals surface area contributed by atoms with Gasteiger partial charge in [-0.05, 0) is 25.6 Å². The Labute approximate surface area is 237 Å². The molecule has 0 spiro atoms. The van der Waals surface area contributed by atoms with Crippen LogP contribution in [0.4, 0.5) is 34.8 Å². The molecule has 4 heterocycles. The number of aromatic nitrogens is 3. The number of benzene rings is 1. The fraction of sp³-hybridized carbons (Fsp3) is 0.321. The fourth-order valence-electron chi connectivity index (χ4n) is 5.07. The number of aromatic amines is 1. The summed E-state index contributed by atoms with van der Waals surface area (Å²) < 4.78 is 59.5. The summed E-state index contributed by atoms with van der Waals surface area (Å²) in [5.41, 5.74) is -2.60. The molecule has 42 heavy (non-hydrogen) atoms. The molecule has 5 rings (SSSR count). The number of carbonyl (C=O) groups is 1. The van der Waals surface area contributed by atoms with Gasteiger partial charge < -0.3 is 25.0 Å². The van der Waals surface area contributed by atoms with Crippen LogP contribution >= 0.6 is 0 Å². The van der Waals surface area contributed by atoms with Gasteiger partial charge in [0, 0.05) is 68.9 Å². The van der Waals surface area contributed by atoms with Crippen LogP contribution in [0.15, 0.2) is 41.5 Å². The molecule has 1 amide bonds. The first-order valence-electron chi connectivity index (χ1n) is 13.0. The van der Waals surface area contributed by atoms with Crippen LogP contribution in [-0.4, -0.2) is 71.6 Å². The van der Waals surface area contributed by atoms with E-state index in [-0.39, 0.29) is 47.5 Å². The molecule has 218 valence electrons. The predicted molar refractivity (Wildman–Crippen MR) is 148 cm³/mol. The van der Waals surface area contributed by atoms with Crippen LogP contribution in [-0.2, 0) is 0 Å². The molecule has 1 aromatic carbocycles. The predicted octanol–water partition coefficient (Wildman–Crippen LogP) is 3.55. The van der Waals surface area contributed by atoms with E-state index in [2.05, 4.69) is 25.2 Å². The molecular formula is C28H26F4N8O2. The SMILES string of the molecule is C[C@H]1CN(c2cc(F)c(C3=CCN(c4ccnc(C#N)n4)C3)c(F)c2NC(=O)c2c[nH]c(=O)cc2C(F)F)CCN1C. The van der Waals surface area contributed by atoms with Crippen molar-refractivity contribution < 1.29 is 22.4 Å². The molecule has 10 nitrogen and oxygen atoms in total. The van der Waals surface area contributed by atoms with Crippen LogP contribution in [0, 0.1) is 23.0 Å². The minimum atomic E-state index is -3.14. The second kappa shape index (κ2) is 11.6. The van der Waals surface area contributed by atoms with Gasteiger partial charge in [-0.3, -0.25) is 9.59 Å². The maximum atomic E-state index is 16.4. The van der Waals surface area contributed by atoms with Crippen LogP contribution in [0.3, 0.4) is 0 Å². The van der Waals surface area contributed by atoms with Gasteiger partial charge in [-0.25, -0.2) is 27.5 Å². The molecule has 0 unspecified atom stereocenters. The number of carbonyl (C=O) groups excluding carboxylic acids is 1. The Morgan fingerprint density at radius 3 is 2.74 bits per heavy atom. The van der Waals surface area contributed by atoms with Crippen molar-refractivity contribution in [3.63, 3.8) is 0 Å². The number of hydrogen-bond acceptors (Lipinski definition) is 8. The van der Waals surface area contributed by atoms with Gasteiger partial charge in [-0.1, -0.05) is 6.08 Å². The van der Waals surface area contributed by atoms with Crippen molar-refractivity contribution in [2.75, 3.05) is 54.9 Å². The van der Waals surface area contributed by atoms with Crippen molar-refractivity contribution in [2.24, 2.45) is 0 Å². The molecule has 0 aliphatic carbocycles. The van der Waals surface area contributed by atoms with Gasteiger partial charge in [0.2, 0.25) is 11.4 Å². The van der Waals surface area contributed by atoms with Crippen molar-refractivity contribution >= 4 is 28.7 Å². The average molecular weight is 583 g/mol. The third-order valence-corrected chi connectivity index (χ3v) is 7.48. The highest BCUT2D eigenvalue weighted by atomic mass is 19.3. The Kier molecular flexibility index (Phi) is 7.95. The smallest absolute Gasteiger partial charge is 0.264 e. The van der Waals surface area contributed by atoms with Crippen molar-refractivity contribution in [3.05, 3.63) is 81.2 Å². The molecule has 0 saturated carbocycles. The van der Waals surface area contributed by atoms with E-state index >= 15 is 8.78 Å². The summed E-state index contributed by atoms with van der Waals surface area (Å²) in [5, 5.41) is 11.5. The Morgan fingerprint density at radius 2 is 2.02 bits per heavy atom. The van der Waals surface area contributed by atoms with Crippen LogP contribution in [0.25, 0.3) is 5.57 Å². The van der Waals surface area contributed by atoms with Crippen molar-refractivity contribution in [3.8, 4) is 6.07 Å². The standard InChI is InChI=1S/C28H26F4N8O2/c1-15-13-39(8-7-38(15)2)20-10-19(29)24(16-4-6-40(14-16)22-3-5-34-21(11-33)36-22)25(30)26(20)37-28(42)18-12-35-23(41)9-17(18)27(31)32/h3-5,9-10,12,15,27H,6-8,13-14H2,1-2H3,(H,35,41)(H,37,42)/t15-/m0/s1. The van der Waals surface area contributed by atoms with Gasteiger partial charge in [-0.2, -0.15) is 5.26 Å². The summed E-state index contributed by atoms with van der Waals surface area (Å²) in [6, 6.07) is 5.18. The number of piperazine rings is 1. The van der Waals surface area contributed by atoms with Gasteiger partial charge in [0.25, 0.3) is 12.3 Å². The van der Waals surface area contributed by atoms with Crippen molar-refractivity contribution in [1.82, 2.24) is 19.9 Å². The summed E-state index contributed by atoms with van der Waals surface area (Å²) in [4.78, 5) is 40.5. The van der Waals surface area contributed by atoms with E-state index < -0.39 is 40.7 Å². The van der Waals surface area contributed by atoms with Crippen LogP contribution in [0.2, 0.25) is 0 Å². The maximum Gasteiger partial charge on any atom is 0.264 e. The minimum absolute atomic E-state index is 0.0231. The summed E-state index contributed by atoms with van der Waals surface area (Å²) in [6.07, 6.45) is 0.713. The van der Waals surface area contributed by atoms with Crippen molar-refractivity contribution in [1.29, 1.82) is 5.26 Å². The van der Waals surface area contributed by atoms with Gasteiger partial charge >= 0.3 is 0 Å². The van der Waals surface area contributed by atoms with Gasteiger partial charge in [0.05, 0.1) is 16.8 Å². The number of pyridine rings is 1. The normalized spacial score (nSPS) is 17.4. The Morgan fingerprint density at radius 1 is 1.24 bits per heavy atom. The summed E-state index contributed by atoms with van der Waals surface area (Å²) in [7, 11) is 1.92. The number of nitrogens with zero attached hydrogens (tertiary/aromatic N) is 6. The number of halogens is 4.